The normalized spacial score (nSPS) is 25.3. The van der Waals surface area contributed by atoms with Gasteiger partial charge in [0.2, 0.25) is 0 Å². The SMILES string of the molecule is CS(=O)(=O)CCCC(=O)C1CCCCC1C(F)(F)F. The van der Waals surface area contributed by atoms with E-state index in [4.69, 9.17) is 0 Å². The fourth-order valence-electron chi connectivity index (χ4n) is 2.60. The smallest absolute Gasteiger partial charge is 0.299 e. The summed E-state index contributed by atoms with van der Waals surface area (Å²) in [7, 11) is -3.17. The molecule has 7 heteroatoms. The van der Waals surface area contributed by atoms with E-state index in [9.17, 15) is 26.4 Å². The number of ketones is 1. The first-order chi connectivity index (χ1) is 8.61. The van der Waals surface area contributed by atoms with Crippen molar-refractivity contribution >= 4 is 15.6 Å². The maximum Gasteiger partial charge on any atom is 0.392 e. The van der Waals surface area contributed by atoms with Crippen molar-refractivity contribution in [1.29, 1.82) is 0 Å². The van der Waals surface area contributed by atoms with Crippen LogP contribution in [0.2, 0.25) is 0 Å². The first-order valence-electron chi connectivity index (χ1n) is 6.38. The molecule has 0 amide bonds. The molecule has 0 aliphatic heterocycles. The Morgan fingerprint density at radius 2 is 1.79 bits per heavy atom. The van der Waals surface area contributed by atoms with Gasteiger partial charge in [-0.3, -0.25) is 4.79 Å². The molecule has 1 rings (SSSR count). The Labute approximate surface area is 111 Å². The van der Waals surface area contributed by atoms with E-state index in [2.05, 4.69) is 0 Å². The molecule has 1 saturated carbocycles. The number of hydrogen-bond donors (Lipinski definition) is 0. The van der Waals surface area contributed by atoms with E-state index >= 15 is 0 Å². The van der Waals surface area contributed by atoms with Gasteiger partial charge in [-0.25, -0.2) is 8.42 Å². The van der Waals surface area contributed by atoms with Gasteiger partial charge in [0.05, 0.1) is 11.7 Å². The maximum absolute atomic E-state index is 12.8. The largest absolute Gasteiger partial charge is 0.392 e. The van der Waals surface area contributed by atoms with Gasteiger partial charge in [-0.1, -0.05) is 12.8 Å². The summed E-state index contributed by atoms with van der Waals surface area (Å²) in [6, 6.07) is 0. The molecule has 112 valence electrons. The van der Waals surface area contributed by atoms with Gasteiger partial charge in [0.1, 0.15) is 15.6 Å². The Balaban J connectivity index is 2.58. The Morgan fingerprint density at radius 3 is 2.32 bits per heavy atom. The summed E-state index contributed by atoms with van der Waals surface area (Å²) in [5, 5.41) is 0. The van der Waals surface area contributed by atoms with Crippen molar-refractivity contribution in [3.05, 3.63) is 0 Å². The van der Waals surface area contributed by atoms with Crippen molar-refractivity contribution in [2.45, 2.75) is 44.7 Å². The number of carbonyl (C=O) groups excluding carboxylic acids is 1. The Hall–Kier alpha value is -0.590. The predicted octanol–water partition coefficient (Wildman–Crippen LogP) is 2.75. The van der Waals surface area contributed by atoms with Crippen LogP contribution in [-0.4, -0.2) is 32.4 Å². The van der Waals surface area contributed by atoms with Crippen LogP contribution in [0.5, 0.6) is 0 Å². The van der Waals surface area contributed by atoms with E-state index in [1.54, 1.807) is 0 Å². The molecule has 0 aromatic rings. The highest BCUT2D eigenvalue weighted by Crippen LogP contribution is 2.42. The van der Waals surface area contributed by atoms with Crippen LogP contribution in [0.15, 0.2) is 0 Å². The van der Waals surface area contributed by atoms with Gasteiger partial charge in [0.15, 0.2) is 0 Å². The molecule has 0 aromatic heterocycles. The third kappa shape index (κ3) is 5.50. The summed E-state index contributed by atoms with van der Waals surface area (Å²) >= 11 is 0. The first kappa shape index (κ1) is 16.5. The van der Waals surface area contributed by atoms with Crippen LogP contribution >= 0.6 is 0 Å². The molecule has 2 atom stereocenters. The number of carbonyl (C=O) groups is 1. The minimum Gasteiger partial charge on any atom is -0.299 e. The molecule has 1 aliphatic carbocycles. The average Bonchev–Trinajstić information content (AvgIpc) is 2.26. The Kier molecular flexibility index (Phi) is 5.41. The second kappa shape index (κ2) is 6.24. The fourth-order valence-corrected chi connectivity index (χ4v) is 3.27. The van der Waals surface area contributed by atoms with Gasteiger partial charge in [0, 0.05) is 18.6 Å². The zero-order valence-electron chi connectivity index (χ0n) is 10.9. The van der Waals surface area contributed by atoms with Crippen molar-refractivity contribution in [3.63, 3.8) is 0 Å². The fraction of sp³-hybridized carbons (Fsp3) is 0.917. The van der Waals surface area contributed by atoms with Crippen molar-refractivity contribution < 1.29 is 26.4 Å². The van der Waals surface area contributed by atoms with Crippen LogP contribution in [0.4, 0.5) is 13.2 Å². The zero-order chi connectivity index (χ0) is 14.7. The number of halogens is 3. The predicted molar refractivity (Wildman–Crippen MR) is 65.5 cm³/mol. The summed E-state index contributed by atoms with van der Waals surface area (Å²) in [5.74, 6) is -3.12. The van der Waals surface area contributed by atoms with Gasteiger partial charge in [-0.15, -0.1) is 0 Å². The molecule has 0 aromatic carbocycles. The molecule has 0 saturated heterocycles. The molecule has 0 bridgehead atoms. The Bertz CT molecular complexity index is 414. The summed E-state index contributed by atoms with van der Waals surface area (Å²) in [6.07, 6.45) is -1.85. The third-order valence-corrected chi connectivity index (χ3v) is 4.57. The van der Waals surface area contributed by atoms with Crippen LogP contribution in [0, 0.1) is 11.8 Å². The molecule has 2 unspecified atom stereocenters. The monoisotopic (exact) mass is 300 g/mol. The summed E-state index contributed by atoms with van der Waals surface area (Å²) < 4.78 is 60.3. The minimum absolute atomic E-state index is 0.00594. The summed E-state index contributed by atoms with van der Waals surface area (Å²) in [6.45, 7) is 0. The van der Waals surface area contributed by atoms with E-state index in [1.165, 1.54) is 0 Å². The molecule has 0 heterocycles. The minimum atomic E-state index is -4.34. The molecule has 0 N–H and O–H groups in total. The van der Waals surface area contributed by atoms with E-state index in [0.29, 0.717) is 12.8 Å². The van der Waals surface area contributed by atoms with Crippen LogP contribution < -0.4 is 0 Å². The van der Waals surface area contributed by atoms with E-state index in [0.717, 1.165) is 6.26 Å². The second-order valence-corrected chi connectivity index (χ2v) is 7.50. The van der Waals surface area contributed by atoms with Crippen molar-refractivity contribution in [3.8, 4) is 0 Å². The number of rotatable bonds is 5. The van der Waals surface area contributed by atoms with Crippen LogP contribution in [-0.2, 0) is 14.6 Å². The van der Waals surface area contributed by atoms with Crippen molar-refractivity contribution in [2.24, 2.45) is 11.8 Å². The lowest BCUT2D eigenvalue weighted by atomic mass is 9.75. The van der Waals surface area contributed by atoms with Gasteiger partial charge < -0.3 is 0 Å². The number of Topliss-reactive ketones (excluding diaryl/α,β-unsaturated/α-hetero) is 1. The molecule has 3 nitrogen and oxygen atoms in total. The average molecular weight is 300 g/mol. The molecule has 0 radical (unpaired) electrons. The lowest BCUT2D eigenvalue weighted by molar-refractivity contribution is -0.197. The maximum atomic E-state index is 12.8. The van der Waals surface area contributed by atoms with Gasteiger partial charge in [-0.05, 0) is 19.3 Å². The van der Waals surface area contributed by atoms with Crippen LogP contribution in [0.1, 0.15) is 38.5 Å². The first-order valence-corrected chi connectivity index (χ1v) is 8.44. The third-order valence-electron chi connectivity index (χ3n) is 3.54. The molecule has 19 heavy (non-hydrogen) atoms. The Morgan fingerprint density at radius 1 is 1.21 bits per heavy atom. The highest BCUT2D eigenvalue weighted by Gasteiger charge is 2.47. The van der Waals surface area contributed by atoms with E-state index < -0.39 is 33.6 Å². The highest BCUT2D eigenvalue weighted by molar-refractivity contribution is 7.90. The number of alkyl halides is 3. The quantitative estimate of drug-likeness (QED) is 0.784. The highest BCUT2D eigenvalue weighted by atomic mass is 32.2. The standard InChI is InChI=1S/C12H19F3O3S/c1-19(17,18)8-4-7-11(16)9-5-2-3-6-10(9)12(13,14)15/h9-10H,2-8H2,1H3. The van der Waals surface area contributed by atoms with Crippen LogP contribution in [0.3, 0.4) is 0 Å². The van der Waals surface area contributed by atoms with Gasteiger partial charge in [-0.2, -0.15) is 13.2 Å². The van der Waals surface area contributed by atoms with Gasteiger partial charge >= 0.3 is 6.18 Å². The van der Waals surface area contributed by atoms with E-state index in [-0.39, 0.29) is 31.4 Å². The number of sulfone groups is 1. The molecular weight excluding hydrogens is 281 g/mol. The molecule has 0 spiro atoms. The number of hydrogen-bond acceptors (Lipinski definition) is 3. The van der Waals surface area contributed by atoms with Crippen LogP contribution in [0.25, 0.3) is 0 Å². The molecular formula is C12H19F3O3S. The summed E-state index contributed by atoms with van der Waals surface area (Å²) in [4.78, 5) is 11.8. The molecule has 1 fully saturated rings. The zero-order valence-corrected chi connectivity index (χ0v) is 11.7. The molecule has 1 aliphatic rings. The van der Waals surface area contributed by atoms with Gasteiger partial charge in [0.25, 0.3) is 0 Å². The summed E-state index contributed by atoms with van der Waals surface area (Å²) in [5.41, 5.74) is 0. The lowest BCUT2D eigenvalue weighted by Crippen LogP contribution is -2.37. The topological polar surface area (TPSA) is 51.2 Å². The van der Waals surface area contributed by atoms with Crippen molar-refractivity contribution in [1.82, 2.24) is 0 Å². The second-order valence-electron chi connectivity index (χ2n) is 5.24. The lowest BCUT2D eigenvalue weighted by Gasteiger charge is -2.32. The van der Waals surface area contributed by atoms with E-state index in [1.807, 2.05) is 0 Å². The van der Waals surface area contributed by atoms with Crippen molar-refractivity contribution in [2.75, 3.05) is 12.0 Å².